The van der Waals surface area contributed by atoms with Gasteiger partial charge in [0.2, 0.25) is 0 Å². The summed E-state index contributed by atoms with van der Waals surface area (Å²) in [4.78, 5) is 16.4. The Morgan fingerprint density at radius 2 is 2.00 bits per heavy atom. The van der Waals surface area contributed by atoms with Gasteiger partial charge in [0, 0.05) is 12.7 Å². The highest BCUT2D eigenvalue weighted by Gasteiger charge is 2.09. The SMILES string of the molecule is CN(c1cccc(F)c1)c1cccc(C(=O)O)n1. The number of aromatic nitrogens is 1. The molecule has 1 N–H and O–H groups in total. The van der Waals surface area contributed by atoms with Crippen molar-refractivity contribution in [1.29, 1.82) is 0 Å². The van der Waals surface area contributed by atoms with E-state index in [1.165, 1.54) is 18.2 Å². The summed E-state index contributed by atoms with van der Waals surface area (Å²) in [7, 11) is 1.70. The van der Waals surface area contributed by atoms with E-state index in [0.29, 0.717) is 11.5 Å². The van der Waals surface area contributed by atoms with Crippen molar-refractivity contribution in [3.05, 3.63) is 54.0 Å². The number of halogens is 1. The maximum atomic E-state index is 13.1. The van der Waals surface area contributed by atoms with Gasteiger partial charge in [-0.15, -0.1) is 0 Å². The maximum absolute atomic E-state index is 13.1. The Morgan fingerprint density at radius 3 is 2.67 bits per heavy atom. The number of carbonyl (C=O) groups is 1. The first-order valence-corrected chi connectivity index (χ1v) is 5.27. The van der Waals surface area contributed by atoms with E-state index in [-0.39, 0.29) is 11.5 Å². The predicted octanol–water partition coefficient (Wildman–Crippen LogP) is 2.69. The Balaban J connectivity index is 2.36. The Kier molecular flexibility index (Phi) is 3.23. The monoisotopic (exact) mass is 246 g/mol. The third-order valence-electron chi connectivity index (χ3n) is 2.49. The van der Waals surface area contributed by atoms with Crippen LogP contribution >= 0.6 is 0 Å². The number of benzene rings is 1. The molecular formula is C13H11FN2O2. The second-order valence-corrected chi connectivity index (χ2v) is 3.73. The smallest absolute Gasteiger partial charge is 0.354 e. The number of aromatic carboxylic acids is 1. The lowest BCUT2D eigenvalue weighted by Crippen LogP contribution is -2.13. The molecule has 92 valence electrons. The summed E-state index contributed by atoms with van der Waals surface area (Å²) in [5, 5.41) is 8.86. The van der Waals surface area contributed by atoms with Crippen molar-refractivity contribution in [2.75, 3.05) is 11.9 Å². The van der Waals surface area contributed by atoms with E-state index in [4.69, 9.17) is 5.11 Å². The van der Waals surface area contributed by atoms with Gasteiger partial charge in [0.25, 0.3) is 0 Å². The van der Waals surface area contributed by atoms with Crippen LogP contribution in [0.1, 0.15) is 10.5 Å². The maximum Gasteiger partial charge on any atom is 0.354 e. The average Bonchev–Trinajstić information content (AvgIpc) is 2.38. The Bertz CT molecular complexity index is 587. The van der Waals surface area contributed by atoms with Crippen molar-refractivity contribution in [3.8, 4) is 0 Å². The highest BCUT2D eigenvalue weighted by molar-refractivity contribution is 5.85. The zero-order chi connectivity index (χ0) is 13.1. The van der Waals surface area contributed by atoms with E-state index in [0.717, 1.165) is 0 Å². The first-order valence-electron chi connectivity index (χ1n) is 5.27. The number of rotatable bonds is 3. The van der Waals surface area contributed by atoms with Crippen LogP contribution in [-0.2, 0) is 0 Å². The summed E-state index contributed by atoms with van der Waals surface area (Å²) < 4.78 is 13.1. The van der Waals surface area contributed by atoms with Crippen molar-refractivity contribution in [3.63, 3.8) is 0 Å². The third kappa shape index (κ3) is 2.45. The molecule has 0 bridgehead atoms. The fourth-order valence-corrected chi connectivity index (χ4v) is 1.55. The van der Waals surface area contributed by atoms with Crippen LogP contribution in [0, 0.1) is 5.82 Å². The van der Waals surface area contributed by atoms with Crippen LogP contribution in [0.5, 0.6) is 0 Å². The minimum atomic E-state index is -1.09. The van der Waals surface area contributed by atoms with E-state index in [2.05, 4.69) is 4.98 Å². The van der Waals surface area contributed by atoms with Gasteiger partial charge in [0.05, 0.1) is 0 Å². The van der Waals surface area contributed by atoms with E-state index in [1.54, 1.807) is 36.2 Å². The van der Waals surface area contributed by atoms with Gasteiger partial charge in [-0.1, -0.05) is 12.1 Å². The van der Waals surface area contributed by atoms with Crippen molar-refractivity contribution in [2.45, 2.75) is 0 Å². The number of pyridine rings is 1. The molecule has 1 aromatic carbocycles. The van der Waals surface area contributed by atoms with Gasteiger partial charge in [0.15, 0.2) is 5.69 Å². The molecule has 1 aromatic heterocycles. The number of carboxylic acid groups (broad SMARTS) is 1. The van der Waals surface area contributed by atoms with Gasteiger partial charge in [-0.05, 0) is 30.3 Å². The molecule has 0 aliphatic heterocycles. The van der Waals surface area contributed by atoms with E-state index in [9.17, 15) is 9.18 Å². The van der Waals surface area contributed by atoms with Gasteiger partial charge in [-0.25, -0.2) is 14.2 Å². The molecule has 4 nitrogen and oxygen atoms in total. The molecule has 0 fully saturated rings. The second-order valence-electron chi connectivity index (χ2n) is 3.73. The fraction of sp³-hybridized carbons (Fsp3) is 0.0769. The molecule has 0 amide bonds. The molecule has 0 aliphatic carbocycles. The molecule has 0 radical (unpaired) electrons. The van der Waals surface area contributed by atoms with Crippen LogP contribution < -0.4 is 4.90 Å². The fourth-order valence-electron chi connectivity index (χ4n) is 1.55. The molecule has 0 saturated carbocycles. The quantitative estimate of drug-likeness (QED) is 0.904. The van der Waals surface area contributed by atoms with E-state index < -0.39 is 5.97 Å². The number of anilines is 2. The molecule has 5 heteroatoms. The topological polar surface area (TPSA) is 53.4 Å². The van der Waals surface area contributed by atoms with Crippen LogP contribution in [0.2, 0.25) is 0 Å². The van der Waals surface area contributed by atoms with Crippen molar-refractivity contribution in [1.82, 2.24) is 4.98 Å². The van der Waals surface area contributed by atoms with Crippen LogP contribution in [-0.4, -0.2) is 23.1 Å². The molecule has 0 unspecified atom stereocenters. The molecule has 2 rings (SSSR count). The molecule has 0 spiro atoms. The summed E-state index contributed by atoms with van der Waals surface area (Å²) >= 11 is 0. The van der Waals surface area contributed by atoms with Crippen LogP contribution in [0.3, 0.4) is 0 Å². The van der Waals surface area contributed by atoms with E-state index >= 15 is 0 Å². The lowest BCUT2D eigenvalue weighted by Gasteiger charge is -2.18. The summed E-state index contributed by atoms with van der Waals surface area (Å²) in [6.45, 7) is 0. The van der Waals surface area contributed by atoms with E-state index in [1.807, 2.05) is 0 Å². The normalized spacial score (nSPS) is 10.1. The number of hydrogen-bond donors (Lipinski definition) is 1. The summed E-state index contributed by atoms with van der Waals surface area (Å²) in [5.41, 5.74) is 0.556. The highest BCUT2D eigenvalue weighted by Crippen LogP contribution is 2.22. The van der Waals surface area contributed by atoms with Gasteiger partial charge < -0.3 is 10.0 Å². The molecule has 2 aromatic rings. The van der Waals surface area contributed by atoms with Gasteiger partial charge in [-0.2, -0.15) is 0 Å². The largest absolute Gasteiger partial charge is 0.477 e. The van der Waals surface area contributed by atoms with Crippen molar-refractivity contribution < 1.29 is 14.3 Å². The second kappa shape index (κ2) is 4.83. The van der Waals surface area contributed by atoms with Gasteiger partial charge in [0.1, 0.15) is 11.6 Å². The molecule has 18 heavy (non-hydrogen) atoms. The third-order valence-corrected chi connectivity index (χ3v) is 2.49. The average molecular weight is 246 g/mol. The van der Waals surface area contributed by atoms with Crippen molar-refractivity contribution in [2.24, 2.45) is 0 Å². The van der Waals surface area contributed by atoms with Gasteiger partial charge in [-0.3, -0.25) is 0 Å². The Labute approximate surface area is 103 Å². The van der Waals surface area contributed by atoms with Gasteiger partial charge >= 0.3 is 5.97 Å². The van der Waals surface area contributed by atoms with Crippen LogP contribution in [0.4, 0.5) is 15.9 Å². The van der Waals surface area contributed by atoms with Crippen LogP contribution in [0.25, 0.3) is 0 Å². The molecule has 0 atom stereocenters. The summed E-state index contributed by atoms with van der Waals surface area (Å²) in [6, 6.07) is 10.7. The van der Waals surface area contributed by atoms with Crippen molar-refractivity contribution >= 4 is 17.5 Å². The summed E-state index contributed by atoms with van der Waals surface area (Å²) in [5.74, 6) is -1.00. The number of carboxylic acids is 1. The molecule has 1 heterocycles. The standard InChI is InChI=1S/C13H11FN2O2/c1-16(10-5-2-4-9(14)8-10)12-7-3-6-11(15-12)13(17)18/h2-8H,1H3,(H,17,18). The first-order chi connectivity index (χ1) is 8.58. The highest BCUT2D eigenvalue weighted by atomic mass is 19.1. The first kappa shape index (κ1) is 12.0. The molecule has 0 aliphatic rings. The number of nitrogens with zero attached hydrogens (tertiary/aromatic N) is 2. The molecule has 0 saturated heterocycles. The zero-order valence-electron chi connectivity index (χ0n) is 9.67. The minimum Gasteiger partial charge on any atom is -0.477 e. The Morgan fingerprint density at radius 1 is 1.28 bits per heavy atom. The number of hydrogen-bond acceptors (Lipinski definition) is 3. The minimum absolute atomic E-state index is 0.0456. The lowest BCUT2D eigenvalue weighted by atomic mass is 10.2. The Hall–Kier alpha value is -2.43. The van der Waals surface area contributed by atoms with Crippen LogP contribution in [0.15, 0.2) is 42.5 Å². The molecular weight excluding hydrogens is 235 g/mol. The lowest BCUT2D eigenvalue weighted by molar-refractivity contribution is 0.0690. The zero-order valence-corrected chi connectivity index (χ0v) is 9.67. The predicted molar refractivity (Wildman–Crippen MR) is 65.7 cm³/mol. The summed E-state index contributed by atoms with van der Waals surface area (Å²) in [6.07, 6.45) is 0.